The number of halogens is 1. The largest absolute Gasteiger partial charge is 0.497 e. The van der Waals surface area contributed by atoms with E-state index in [1.165, 1.54) is 25.6 Å². The molecule has 0 aliphatic carbocycles. The van der Waals surface area contributed by atoms with Gasteiger partial charge in [-0.15, -0.1) is 0 Å². The lowest BCUT2D eigenvalue weighted by Gasteiger charge is -2.11. The van der Waals surface area contributed by atoms with Crippen LogP contribution in [0.25, 0.3) is 0 Å². The average Bonchev–Trinajstić information content (AvgIpc) is 2.37. The lowest BCUT2D eigenvalue weighted by Crippen LogP contribution is -2.15. The Balaban J connectivity index is 2.38. The van der Waals surface area contributed by atoms with Crippen LogP contribution in [0.4, 0.5) is 11.4 Å². The topological polar surface area (TPSA) is 94.3 Å². The van der Waals surface area contributed by atoms with E-state index in [9.17, 15) is 8.42 Å². The molecule has 0 saturated heterocycles. The third kappa shape index (κ3) is 3.20. The highest BCUT2D eigenvalue weighted by molar-refractivity contribution is 9.10. The Bertz CT molecular complexity index is 734. The summed E-state index contributed by atoms with van der Waals surface area (Å²) in [5.41, 5.74) is 6.15. The van der Waals surface area contributed by atoms with Gasteiger partial charge in [0, 0.05) is 22.9 Å². The molecule has 0 saturated carbocycles. The van der Waals surface area contributed by atoms with Gasteiger partial charge in [0.05, 0.1) is 18.5 Å². The summed E-state index contributed by atoms with van der Waals surface area (Å²) < 4.78 is 32.7. The smallest absolute Gasteiger partial charge is 0.265 e. The molecule has 1 aromatic carbocycles. The third-order valence-corrected chi connectivity index (χ3v) is 4.35. The van der Waals surface area contributed by atoms with Gasteiger partial charge in [0.15, 0.2) is 0 Å². The van der Waals surface area contributed by atoms with Crippen LogP contribution in [0.15, 0.2) is 46.0 Å². The normalized spacial score (nSPS) is 11.1. The number of sulfonamides is 1. The first-order chi connectivity index (χ1) is 9.42. The summed E-state index contributed by atoms with van der Waals surface area (Å²) in [6.45, 7) is 0. The van der Waals surface area contributed by atoms with Crippen molar-refractivity contribution >= 4 is 37.3 Å². The van der Waals surface area contributed by atoms with Crippen molar-refractivity contribution in [1.82, 2.24) is 4.98 Å². The van der Waals surface area contributed by atoms with Crippen LogP contribution < -0.4 is 15.2 Å². The van der Waals surface area contributed by atoms with Crippen molar-refractivity contribution in [2.45, 2.75) is 4.90 Å². The number of nitrogens with one attached hydrogen (secondary N) is 1. The molecule has 0 aliphatic rings. The Morgan fingerprint density at radius 3 is 2.75 bits per heavy atom. The monoisotopic (exact) mass is 357 g/mol. The molecule has 6 nitrogen and oxygen atoms in total. The van der Waals surface area contributed by atoms with E-state index in [0.717, 1.165) is 0 Å². The number of nitrogens with zero attached hydrogens (tertiary/aromatic N) is 1. The molecular weight excluding hydrogens is 346 g/mol. The van der Waals surface area contributed by atoms with Gasteiger partial charge >= 0.3 is 0 Å². The zero-order valence-electron chi connectivity index (χ0n) is 10.5. The number of pyridine rings is 1. The average molecular weight is 358 g/mol. The van der Waals surface area contributed by atoms with Crippen LogP contribution in [0.5, 0.6) is 5.75 Å². The van der Waals surface area contributed by atoms with Gasteiger partial charge in [-0.2, -0.15) is 0 Å². The fourth-order valence-corrected chi connectivity index (χ4v) is 3.15. The Morgan fingerprint density at radius 1 is 1.35 bits per heavy atom. The van der Waals surface area contributed by atoms with Crippen LogP contribution >= 0.6 is 15.9 Å². The maximum atomic E-state index is 12.2. The van der Waals surface area contributed by atoms with E-state index in [2.05, 4.69) is 25.6 Å². The molecule has 0 atom stereocenters. The first-order valence-electron chi connectivity index (χ1n) is 5.49. The Labute approximate surface area is 125 Å². The highest BCUT2D eigenvalue weighted by Gasteiger charge is 2.18. The second-order valence-corrected chi connectivity index (χ2v) is 6.47. The van der Waals surface area contributed by atoms with Crippen molar-refractivity contribution in [2.24, 2.45) is 0 Å². The highest BCUT2D eigenvalue weighted by atomic mass is 79.9. The lowest BCUT2D eigenvalue weighted by atomic mass is 10.3. The van der Waals surface area contributed by atoms with E-state index in [1.807, 2.05) is 0 Å². The number of hydrogen-bond acceptors (Lipinski definition) is 5. The van der Waals surface area contributed by atoms with E-state index >= 15 is 0 Å². The highest BCUT2D eigenvalue weighted by Crippen LogP contribution is 2.27. The summed E-state index contributed by atoms with van der Waals surface area (Å²) in [7, 11) is -2.30. The molecule has 0 radical (unpaired) electrons. The molecule has 0 aliphatic heterocycles. The predicted molar refractivity (Wildman–Crippen MR) is 80.2 cm³/mol. The fraction of sp³-hybridized carbons (Fsp3) is 0.0833. The first-order valence-corrected chi connectivity index (χ1v) is 7.77. The van der Waals surface area contributed by atoms with E-state index in [4.69, 9.17) is 10.5 Å². The maximum Gasteiger partial charge on any atom is 0.265 e. The minimum atomic E-state index is -3.80. The van der Waals surface area contributed by atoms with Crippen LogP contribution in [0, 0.1) is 0 Å². The summed E-state index contributed by atoms with van der Waals surface area (Å²) in [6.07, 6.45) is 2.63. The van der Waals surface area contributed by atoms with Crippen molar-refractivity contribution in [3.63, 3.8) is 0 Å². The maximum absolute atomic E-state index is 12.2. The fourth-order valence-electron chi connectivity index (χ4n) is 1.56. The molecule has 1 heterocycles. The van der Waals surface area contributed by atoms with Crippen LogP contribution in [0.3, 0.4) is 0 Å². The first kappa shape index (κ1) is 14.6. The molecule has 1 aromatic heterocycles. The van der Waals surface area contributed by atoms with Crippen LogP contribution in [-0.2, 0) is 10.0 Å². The number of hydrogen-bond donors (Lipinski definition) is 2. The van der Waals surface area contributed by atoms with Gasteiger partial charge in [0.25, 0.3) is 10.0 Å². The number of methoxy groups -OCH3 is 1. The Morgan fingerprint density at radius 2 is 2.10 bits per heavy atom. The predicted octanol–water partition coefficient (Wildman–Crippen LogP) is 2.24. The van der Waals surface area contributed by atoms with E-state index in [1.54, 1.807) is 18.2 Å². The lowest BCUT2D eigenvalue weighted by molar-refractivity contribution is 0.415. The van der Waals surface area contributed by atoms with Crippen molar-refractivity contribution in [2.75, 3.05) is 17.6 Å². The molecule has 8 heteroatoms. The number of aromatic nitrogens is 1. The minimum Gasteiger partial charge on any atom is -0.497 e. The summed E-state index contributed by atoms with van der Waals surface area (Å²) >= 11 is 3.28. The zero-order valence-corrected chi connectivity index (χ0v) is 12.9. The van der Waals surface area contributed by atoms with Crippen LogP contribution in [-0.4, -0.2) is 20.5 Å². The molecule has 2 aromatic rings. The van der Waals surface area contributed by atoms with Gasteiger partial charge in [-0.1, -0.05) is 15.9 Å². The van der Waals surface area contributed by atoms with Gasteiger partial charge in [0.1, 0.15) is 10.6 Å². The number of nitrogens with two attached hydrogens (primary N) is 1. The number of benzene rings is 1. The number of ether oxygens (including phenoxy) is 1. The van der Waals surface area contributed by atoms with E-state index in [0.29, 0.717) is 15.9 Å². The second-order valence-electron chi connectivity index (χ2n) is 3.90. The molecule has 0 spiro atoms. The molecule has 2 rings (SSSR count). The molecule has 20 heavy (non-hydrogen) atoms. The molecule has 106 valence electrons. The number of anilines is 2. The van der Waals surface area contributed by atoms with Gasteiger partial charge in [-0.3, -0.25) is 9.71 Å². The van der Waals surface area contributed by atoms with Gasteiger partial charge in [-0.25, -0.2) is 8.42 Å². The molecule has 0 amide bonds. The van der Waals surface area contributed by atoms with E-state index in [-0.39, 0.29) is 10.6 Å². The van der Waals surface area contributed by atoms with Gasteiger partial charge < -0.3 is 10.5 Å². The van der Waals surface area contributed by atoms with Gasteiger partial charge in [0.2, 0.25) is 0 Å². The summed E-state index contributed by atoms with van der Waals surface area (Å²) in [5.74, 6) is 0.524. The Kier molecular flexibility index (Phi) is 4.15. The van der Waals surface area contributed by atoms with Crippen molar-refractivity contribution in [3.05, 3.63) is 41.1 Å². The van der Waals surface area contributed by atoms with Crippen molar-refractivity contribution in [1.29, 1.82) is 0 Å². The standard InChI is InChI=1S/C12H12BrN3O3S/c1-19-10-5-8(13)4-9(6-10)16-20(17,18)12-7-15-3-2-11(12)14/h2-7,16H,1H3,(H2,14,15). The van der Waals surface area contributed by atoms with E-state index < -0.39 is 10.0 Å². The van der Waals surface area contributed by atoms with Crippen molar-refractivity contribution in [3.8, 4) is 5.75 Å². The molecule has 0 bridgehead atoms. The zero-order chi connectivity index (χ0) is 14.8. The molecule has 3 N–H and O–H groups in total. The second kappa shape index (κ2) is 5.68. The number of nitrogen functional groups attached to an aromatic ring is 1. The quantitative estimate of drug-likeness (QED) is 0.874. The van der Waals surface area contributed by atoms with Crippen LogP contribution in [0.2, 0.25) is 0 Å². The SMILES string of the molecule is COc1cc(Br)cc(NS(=O)(=O)c2cnccc2N)c1. The summed E-state index contributed by atoms with van der Waals surface area (Å²) in [6, 6.07) is 6.33. The Hall–Kier alpha value is -1.80. The molecular formula is C12H12BrN3O3S. The third-order valence-electron chi connectivity index (χ3n) is 2.47. The number of rotatable bonds is 4. The summed E-state index contributed by atoms with van der Waals surface area (Å²) in [5, 5.41) is 0. The van der Waals surface area contributed by atoms with Crippen LogP contribution in [0.1, 0.15) is 0 Å². The van der Waals surface area contributed by atoms with Gasteiger partial charge in [-0.05, 0) is 18.2 Å². The summed E-state index contributed by atoms with van der Waals surface area (Å²) in [4.78, 5) is 3.70. The van der Waals surface area contributed by atoms with Crippen molar-refractivity contribution < 1.29 is 13.2 Å². The molecule has 0 unspecified atom stereocenters. The molecule has 0 fully saturated rings. The minimum absolute atomic E-state index is 0.0704.